The summed E-state index contributed by atoms with van der Waals surface area (Å²) in [6, 6.07) is 7.50. The molecule has 0 radical (unpaired) electrons. The Balaban J connectivity index is 2.09. The van der Waals surface area contributed by atoms with E-state index in [1.807, 2.05) is 30.5 Å². The van der Waals surface area contributed by atoms with E-state index in [0.717, 1.165) is 39.8 Å². The highest BCUT2D eigenvalue weighted by Gasteiger charge is 2.27. The van der Waals surface area contributed by atoms with E-state index in [-0.39, 0.29) is 12.3 Å². The summed E-state index contributed by atoms with van der Waals surface area (Å²) in [5, 5.41) is 10.3. The molecule has 2 aromatic carbocycles. The van der Waals surface area contributed by atoms with Crippen LogP contribution in [0.5, 0.6) is 0 Å². The number of carboxylic acid groups (broad SMARTS) is 1. The van der Waals surface area contributed by atoms with Gasteiger partial charge in [-0.3, -0.25) is 0 Å². The first-order chi connectivity index (χ1) is 14.3. The molecule has 0 aliphatic carbocycles. The number of benzene rings is 2. The Hall–Kier alpha value is -3.26. The minimum atomic E-state index is -1.07. The molecule has 6 nitrogen and oxygen atoms in total. The molecule has 4 rings (SSSR count). The third-order valence-corrected chi connectivity index (χ3v) is 5.31. The van der Waals surface area contributed by atoms with Crippen molar-refractivity contribution >= 4 is 27.9 Å². The van der Waals surface area contributed by atoms with Crippen molar-refractivity contribution in [3.8, 4) is 5.69 Å². The maximum Gasteiger partial charge on any atom is 0.333 e. The van der Waals surface area contributed by atoms with E-state index in [4.69, 9.17) is 4.74 Å². The molecule has 8 heteroatoms. The first-order valence-electron chi connectivity index (χ1n) is 9.53. The lowest BCUT2D eigenvalue weighted by molar-refractivity contribution is -0.148. The van der Waals surface area contributed by atoms with Gasteiger partial charge in [-0.1, -0.05) is 13.8 Å². The standard InChI is InChI=1S/C22H21F2N3O3/c1-11(2)21-14(8-20(30-3)22(28)29)13-7-17-18(26-10-25-17)9-19(13)27(21)12-4-5-15(23)16(24)6-12/h4-7,9-11,20H,8H2,1-3H3,(H,25,26)(H,28,29)/t20-/m1/s1. The van der Waals surface area contributed by atoms with Crippen LogP contribution in [0.1, 0.15) is 31.0 Å². The van der Waals surface area contributed by atoms with Crippen LogP contribution in [-0.4, -0.2) is 38.8 Å². The molecule has 0 spiro atoms. The summed E-state index contributed by atoms with van der Waals surface area (Å²) in [5.41, 5.74) is 4.30. The quantitative estimate of drug-likeness (QED) is 0.486. The molecule has 156 valence electrons. The van der Waals surface area contributed by atoms with Crippen LogP contribution in [0.4, 0.5) is 8.78 Å². The molecule has 0 saturated heterocycles. The Morgan fingerprint density at radius 1 is 1.23 bits per heavy atom. The molecule has 0 amide bonds. The number of methoxy groups -OCH3 is 1. The third-order valence-electron chi connectivity index (χ3n) is 5.31. The average Bonchev–Trinajstić information content (AvgIpc) is 3.28. The second-order valence-electron chi connectivity index (χ2n) is 7.51. The van der Waals surface area contributed by atoms with Gasteiger partial charge in [-0.15, -0.1) is 0 Å². The van der Waals surface area contributed by atoms with Crippen molar-refractivity contribution in [1.29, 1.82) is 0 Å². The molecule has 0 aliphatic heterocycles. The Kier molecular flexibility index (Phi) is 5.03. The van der Waals surface area contributed by atoms with Crippen LogP contribution in [0, 0.1) is 11.6 Å². The lowest BCUT2D eigenvalue weighted by Crippen LogP contribution is -2.25. The van der Waals surface area contributed by atoms with Gasteiger partial charge >= 0.3 is 5.97 Å². The highest BCUT2D eigenvalue weighted by Crippen LogP contribution is 2.37. The number of H-pyrrole nitrogens is 1. The van der Waals surface area contributed by atoms with Gasteiger partial charge in [0.05, 0.1) is 22.9 Å². The number of imidazole rings is 1. The number of rotatable bonds is 6. The number of carbonyl (C=O) groups is 1. The summed E-state index contributed by atoms with van der Waals surface area (Å²) in [6.45, 7) is 3.95. The van der Waals surface area contributed by atoms with Gasteiger partial charge in [0, 0.05) is 36.4 Å². The molecule has 0 bridgehead atoms. The number of carboxylic acids is 1. The van der Waals surface area contributed by atoms with E-state index in [2.05, 4.69) is 9.97 Å². The summed E-state index contributed by atoms with van der Waals surface area (Å²) in [6.07, 6.45) is 0.666. The van der Waals surface area contributed by atoms with Gasteiger partial charge in [0.1, 0.15) is 0 Å². The van der Waals surface area contributed by atoms with E-state index in [1.165, 1.54) is 13.2 Å². The predicted molar refractivity (Wildman–Crippen MR) is 109 cm³/mol. The largest absolute Gasteiger partial charge is 0.479 e. The number of aromatic nitrogens is 3. The number of halogens is 2. The van der Waals surface area contributed by atoms with Crippen LogP contribution in [0.3, 0.4) is 0 Å². The molecule has 0 aliphatic rings. The van der Waals surface area contributed by atoms with E-state index in [0.29, 0.717) is 11.2 Å². The Morgan fingerprint density at radius 3 is 2.63 bits per heavy atom. The van der Waals surface area contributed by atoms with Crippen LogP contribution in [0.2, 0.25) is 0 Å². The molecule has 0 fully saturated rings. The Morgan fingerprint density at radius 2 is 2.00 bits per heavy atom. The van der Waals surface area contributed by atoms with Crippen LogP contribution in [-0.2, 0) is 16.0 Å². The van der Waals surface area contributed by atoms with Crippen LogP contribution >= 0.6 is 0 Å². The zero-order valence-electron chi connectivity index (χ0n) is 16.7. The fraction of sp³-hybridized carbons (Fsp3) is 0.273. The van der Waals surface area contributed by atoms with Gasteiger partial charge in [-0.25, -0.2) is 18.6 Å². The van der Waals surface area contributed by atoms with Crippen molar-refractivity contribution in [3.63, 3.8) is 0 Å². The summed E-state index contributed by atoms with van der Waals surface area (Å²) >= 11 is 0. The van der Waals surface area contributed by atoms with Gasteiger partial charge < -0.3 is 19.4 Å². The number of nitrogens with zero attached hydrogens (tertiary/aromatic N) is 2. The molecule has 0 unspecified atom stereocenters. The number of fused-ring (bicyclic) bond motifs is 2. The molecular formula is C22H21F2N3O3. The maximum absolute atomic E-state index is 14.1. The molecule has 2 N–H and O–H groups in total. The second kappa shape index (κ2) is 7.53. The molecule has 30 heavy (non-hydrogen) atoms. The summed E-state index contributed by atoms with van der Waals surface area (Å²) < 4.78 is 34.7. The van der Waals surface area contributed by atoms with Crippen molar-refractivity contribution < 1.29 is 23.4 Å². The molecule has 1 atom stereocenters. The zero-order valence-corrected chi connectivity index (χ0v) is 16.7. The van der Waals surface area contributed by atoms with Gasteiger partial charge in [0.25, 0.3) is 0 Å². The number of hydrogen-bond donors (Lipinski definition) is 2. The maximum atomic E-state index is 14.1. The van der Waals surface area contributed by atoms with Crippen molar-refractivity contribution in [1.82, 2.24) is 14.5 Å². The normalized spacial score (nSPS) is 12.9. The van der Waals surface area contributed by atoms with Gasteiger partial charge in [0.15, 0.2) is 17.7 Å². The SMILES string of the molecule is CO[C@H](Cc1c(C(C)C)n(-c2ccc(F)c(F)c2)c2cc3nc[nH]c3cc12)C(=O)O. The minimum absolute atomic E-state index is 0.0295. The number of hydrogen-bond acceptors (Lipinski definition) is 3. The topological polar surface area (TPSA) is 80.1 Å². The molecular weight excluding hydrogens is 392 g/mol. The first-order valence-corrected chi connectivity index (χ1v) is 9.53. The van der Waals surface area contributed by atoms with Gasteiger partial charge in [-0.2, -0.15) is 0 Å². The van der Waals surface area contributed by atoms with Crippen molar-refractivity contribution in [3.05, 3.63) is 59.6 Å². The highest BCUT2D eigenvalue weighted by molar-refractivity contribution is 5.98. The van der Waals surface area contributed by atoms with E-state index in [1.54, 1.807) is 6.33 Å². The average molecular weight is 413 g/mol. The first kappa shape index (κ1) is 20.0. The van der Waals surface area contributed by atoms with E-state index < -0.39 is 23.7 Å². The van der Waals surface area contributed by atoms with Crippen molar-refractivity contribution in [2.24, 2.45) is 0 Å². The number of nitrogens with one attached hydrogen (secondary N) is 1. The fourth-order valence-corrected chi connectivity index (χ4v) is 3.98. The monoisotopic (exact) mass is 413 g/mol. The van der Waals surface area contributed by atoms with Crippen molar-refractivity contribution in [2.75, 3.05) is 7.11 Å². The lowest BCUT2D eigenvalue weighted by atomic mass is 9.98. The highest BCUT2D eigenvalue weighted by atomic mass is 19.2. The van der Waals surface area contributed by atoms with Crippen LogP contribution in [0.15, 0.2) is 36.7 Å². The van der Waals surface area contributed by atoms with E-state index >= 15 is 0 Å². The Labute approximate surface area is 171 Å². The van der Waals surface area contributed by atoms with Crippen molar-refractivity contribution in [2.45, 2.75) is 32.3 Å². The predicted octanol–water partition coefficient (Wildman–Crippen LogP) is 4.55. The smallest absolute Gasteiger partial charge is 0.333 e. The lowest BCUT2D eigenvalue weighted by Gasteiger charge is -2.17. The number of ether oxygens (including phenoxy) is 1. The second-order valence-corrected chi connectivity index (χ2v) is 7.51. The fourth-order valence-electron chi connectivity index (χ4n) is 3.98. The molecule has 2 aromatic heterocycles. The number of aromatic amines is 1. The molecule has 0 saturated carbocycles. The van der Waals surface area contributed by atoms with E-state index in [9.17, 15) is 18.7 Å². The summed E-state index contributed by atoms with van der Waals surface area (Å²) in [7, 11) is 1.36. The third kappa shape index (κ3) is 3.23. The summed E-state index contributed by atoms with van der Waals surface area (Å²) in [5.74, 6) is -2.98. The number of aliphatic carboxylic acids is 1. The molecule has 2 heterocycles. The Bertz CT molecular complexity index is 1260. The van der Waals surface area contributed by atoms with Crippen LogP contribution < -0.4 is 0 Å². The zero-order chi connectivity index (χ0) is 21.6. The van der Waals surface area contributed by atoms with Crippen LogP contribution in [0.25, 0.3) is 27.6 Å². The minimum Gasteiger partial charge on any atom is -0.479 e. The summed E-state index contributed by atoms with van der Waals surface area (Å²) in [4.78, 5) is 19.0. The van der Waals surface area contributed by atoms with Gasteiger partial charge in [0.2, 0.25) is 0 Å². The van der Waals surface area contributed by atoms with Gasteiger partial charge in [-0.05, 0) is 35.7 Å². The molecule has 4 aromatic rings.